The number of sulfonamides is 1. The van der Waals surface area contributed by atoms with E-state index in [1.807, 2.05) is 0 Å². The van der Waals surface area contributed by atoms with Crippen molar-refractivity contribution in [3.8, 4) is 0 Å². The van der Waals surface area contributed by atoms with Gasteiger partial charge in [-0.3, -0.25) is 0 Å². The Morgan fingerprint density at radius 2 is 1.80 bits per heavy atom. The van der Waals surface area contributed by atoms with Crippen molar-refractivity contribution in [2.75, 3.05) is 33.3 Å². The number of nitrogens with zero attached hydrogens (tertiary/aromatic N) is 3. The molecule has 2 heterocycles. The Morgan fingerprint density at radius 1 is 1.20 bits per heavy atom. The summed E-state index contributed by atoms with van der Waals surface area (Å²) in [5.41, 5.74) is -0.606. The van der Waals surface area contributed by atoms with Gasteiger partial charge in [0.05, 0.1) is 13.3 Å². The van der Waals surface area contributed by atoms with Crippen LogP contribution in [0.3, 0.4) is 0 Å². The topological polar surface area (TPSA) is 106 Å². The smallest absolute Gasteiger partial charge is 0.410 e. The summed E-state index contributed by atoms with van der Waals surface area (Å²) in [6.45, 7) is 6.03. The van der Waals surface area contributed by atoms with Crippen LogP contribution >= 0.6 is 11.3 Å². The van der Waals surface area contributed by atoms with Gasteiger partial charge >= 0.3 is 12.1 Å². The van der Waals surface area contributed by atoms with Gasteiger partial charge in [0.25, 0.3) is 10.0 Å². The molecule has 1 amide bonds. The lowest BCUT2D eigenvalue weighted by molar-refractivity contribution is 0.0192. The maximum atomic E-state index is 12.6. The molecule has 0 spiro atoms. The molecule has 140 valence electrons. The highest BCUT2D eigenvalue weighted by atomic mass is 32.2. The van der Waals surface area contributed by atoms with E-state index in [-0.39, 0.29) is 35.4 Å². The van der Waals surface area contributed by atoms with E-state index in [0.717, 1.165) is 11.3 Å². The fourth-order valence-corrected chi connectivity index (χ4v) is 4.74. The van der Waals surface area contributed by atoms with E-state index in [1.165, 1.54) is 22.5 Å². The number of aromatic nitrogens is 1. The quantitative estimate of drug-likeness (QED) is 0.712. The zero-order valence-corrected chi connectivity index (χ0v) is 16.1. The molecule has 1 saturated heterocycles. The first-order valence-corrected chi connectivity index (χ1v) is 9.82. The van der Waals surface area contributed by atoms with Gasteiger partial charge in [0, 0.05) is 26.2 Å². The number of piperazine rings is 1. The number of methoxy groups -OCH3 is 1. The Hall–Kier alpha value is -1.72. The number of hydrogen-bond acceptors (Lipinski definition) is 8. The number of hydrogen-bond donors (Lipinski definition) is 0. The summed E-state index contributed by atoms with van der Waals surface area (Å²) in [6.07, 6.45) is 0.715. The molecule has 0 unspecified atom stereocenters. The van der Waals surface area contributed by atoms with Crippen LogP contribution in [0.15, 0.2) is 10.5 Å². The molecule has 0 atom stereocenters. The van der Waals surface area contributed by atoms with Crippen molar-refractivity contribution in [1.82, 2.24) is 14.2 Å². The molecule has 0 N–H and O–H groups in total. The standard InChI is InChI=1S/C14H21N3O6S2/c1-14(2,3)23-13(19)16-5-7-17(8-6-16)25(20,21)12-15-9-10(24-12)11(18)22-4/h9H,5-8H2,1-4H3. The Labute approximate surface area is 150 Å². The molecule has 2 rings (SSSR count). The zero-order valence-electron chi connectivity index (χ0n) is 14.5. The molecular weight excluding hydrogens is 370 g/mol. The molecule has 0 radical (unpaired) electrons. The number of thiazole rings is 1. The van der Waals surface area contributed by atoms with Crippen molar-refractivity contribution in [2.24, 2.45) is 0 Å². The van der Waals surface area contributed by atoms with Gasteiger partial charge in [-0.05, 0) is 20.8 Å². The highest BCUT2D eigenvalue weighted by molar-refractivity contribution is 7.91. The SMILES string of the molecule is COC(=O)c1cnc(S(=O)(=O)N2CCN(C(=O)OC(C)(C)C)CC2)s1. The van der Waals surface area contributed by atoms with E-state index in [2.05, 4.69) is 9.72 Å². The highest BCUT2D eigenvalue weighted by Gasteiger charge is 2.34. The first-order valence-electron chi connectivity index (χ1n) is 7.57. The maximum Gasteiger partial charge on any atom is 0.410 e. The molecule has 1 fully saturated rings. The molecule has 1 aromatic rings. The number of amides is 1. The first-order chi connectivity index (χ1) is 11.5. The second kappa shape index (κ2) is 7.26. The zero-order chi connectivity index (χ0) is 18.8. The molecule has 25 heavy (non-hydrogen) atoms. The fourth-order valence-electron chi connectivity index (χ4n) is 2.12. The Kier molecular flexibility index (Phi) is 5.69. The minimum absolute atomic E-state index is 0.119. The molecule has 0 bridgehead atoms. The van der Waals surface area contributed by atoms with Crippen LogP contribution in [0.1, 0.15) is 30.4 Å². The summed E-state index contributed by atoms with van der Waals surface area (Å²) in [5, 5.41) is 0. The number of esters is 1. The molecule has 0 aromatic carbocycles. The second-order valence-corrected chi connectivity index (χ2v) is 9.50. The van der Waals surface area contributed by atoms with Crippen LogP contribution in [-0.2, 0) is 19.5 Å². The van der Waals surface area contributed by atoms with Crippen molar-refractivity contribution in [3.05, 3.63) is 11.1 Å². The van der Waals surface area contributed by atoms with Crippen LogP contribution in [0.25, 0.3) is 0 Å². The lowest BCUT2D eigenvalue weighted by atomic mass is 10.2. The van der Waals surface area contributed by atoms with E-state index in [4.69, 9.17) is 4.74 Å². The molecule has 11 heteroatoms. The summed E-state index contributed by atoms with van der Waals surface area (Å²) in [7, 11) is -2.60. The van der Waals surface area contributed by atoms with E-state index in [1.54, 1.807) is 20.8 Å². The van der Waals surface area contributed by atoms with Crippen molar-refractivity contribution in [3.63, 3.8) is 0 Å². The Balaban J connectivity index is 2.03. The van der Waals surface area contributed by atoms with E-state index >= 15 is 0 Å². The first kappa shape index (κ1) is 19.6. The lowest BCUT2D eigenvalue weighted by Crippen LogP contribution is -2.51. The number of rotatable bonds is 3. The Bertz CT molecular complexity index is 745. The third-order valence-corrected chi connectivity index (χ3v) is 6.57. The molecule has 1 aromatic heterocycles. The van der Waals surface area contributed by atoms with Gasteiger partial charge < -0.3 is 14.4 Å². The maximum absolute atomic E-state index is 12.6. The number of carbonyl (C=O) groups excluding carboxylic acids is 2. The Morgan fingerprint density at radius 3 is 2.32 bits per heavy atom. The minimum atomic E-state index is -3.81. The van der Waals surface area contributed by atoms with E-state index in [9.17, 15) is 18.0 Å². The van der Waals surface area contributed by atoms with E-state index in [0.29, 0.717) is 0 Å². The monoisotopic (exact) mass is 391 g/mol. The molecule has 9 nitrogen and oxygen atoms in total. The van der Waals surface area contributed by atoms with Crippen LogP contribution < -0.4 is 0 Å². The van der Waals surface area contributed by atoms with Crippen LogP contribution in [-0.4, -0.2) is 73.6 Å². The predicted octanol–water partition coefficient (Wildman–Crippen LogP) is 1.17. The molecule has 0 aliphatic carbocycles. The van der Waals surface area contributed by atoms with Crippen LogP contribution in [0, 0.1) is 0 Å². The van der Waals surface area contributed by atoms with Gasteiger partial charge in [-0.1, -0.05) is 11.3 Å². The minimum Gasteiger partial charge on any atom is -0.465 e. The summed E-state index contributed by atoms with van der Waals surface area (Å²) in [5.74, 6) is -0.631. The highest BCUT2D eigenvalue weighted by Crippen LogP contribution is 2.24. The van der Waals surface area contributed by atoms with Crippen LogP contribution in [0.2, 0.25) is 0 Å². The largest absolute Gasteiger partial charge is 0.465 e. The second-order valence-electron chi connectivity index (χ2n) is 6.35. The van der Waals surface area contributed by atoms with Gasteiger partial charge in [-0.25, -0.2) is 23.0 Å². The van der Waals surface area contributed by atoms with Crippen molar-refractivity contribution < 1.29 is 27.5 Å². The van der Waals surface area contributed by atoms with Gasteiger partial charge in [0.1, 0.15) is 10.5 Å². The van der Waals surface area contributed by atoms with Crippen LogP contribution in [0.5, 0.6) is 0 Å². The van der Waals surface area contributed by atoms with Crippen LogP contribution in [0.4, 0.5) is 4.79 Å². The normalized spacial score (nSPS) is 16.6. The summed E-state index contributed by atoms with van der Waals surface area (Å²) in [4.78, 5) is 28.9. The van der Waals surface area contributed by atoms with E-state index < -0.39 is 27.7 Å². The average molecular weight is 391 g/mol. The van der Waals surface area contributed by atoms with Gasteiger partial charge in [0.15, 0.2) is 0 Å². The predicted molar refractivity (Wildman–Crippen MR) is 90.0 cm³/mol. The van der Waals surface area contributed by atoms with Gasteiger partial charge in [0.2, 0.25) is 4.34 Å². The molecular formula is C14H21N3O6S2. The fraction of sp³-hybridized carbons (Fsp3) is 0.643. The third kappa shape index (κ3) is 4.67. The van der Waals surface area contributed by atoms with Crippen molar-refractivity contribution >= 4 is 33.4 Å². The molecule has 1 aliphatic heterocycles. The average Bonchev–Trinajstić information content (AvgIpc) is 3.03. The summed E-state index contributed by atoms with van der Waals surface area (Å²) in [6, 6.07) is 0. The summed E-state index contributed by atoms with van der Waals surface area (Å²) < 4.78 is 36.1. The van der Waals surface area contributed by atoms with Gasteiger partial charge in [-0.15, -0.1) is 0 Å². The lowest BCUT2D eigenvalue weighted by Gasteiger charge is -2.34. The number of ether oxygens (including phenoxy) is 2. The summed E-state index contributed by atoms with van der Waals surface area (Å²) >= 11 is 0.761. The molecule has 1 aliphatic rings. The van der Waals surface area contributed by atoms with Gasteiger partial charge in [-0.2, -0.15) is 4.31 Å². The van der Waals surface area contributed by atoms with Crippen molar-refractivity contribution in [2.45, 2.75) is 30.7 Å². The third-order valence-electron chi connectivity index (χ3n) is 3.32. The molecule has 0 saturated carbocycles. The van der Waals surface area contributed by atoms with Crippen molar-refractivity contribution in [1.29, 1.82) is 0 Å². The number of carbonyl (C=O) groups is 2.